The van der Waals surface area contributed by atoms with Gasteiger partial charge in [0, 0.05) is 23.0 Å². The van der Waals surface area contributed by atoms with Crippen LogP contribution >= 0.6 is 27.3 Å². The average molecular weight is 387 g/mol. The molecule has 1 aromatic heterocycles. The average Bonchev–Trinajstić information content (AvgIpc) is 2.93. The molecule has 3 rings (SSSR count). The molecule has 0 spiro atoms. The Morgan fingerprint density at radius 2 is 2.05 bits per heavy atom. The molecule has 0 fully saturated rings. The second-order valence-corrected chi connectivity index (χ2v) is 8.28. The van der Waals surface area contributed by atoms with Crippen molar-refractivity contribution in [1.82, 2.24) is 0 Å². The van der Waals surface area contributed by atoms with Crippen molar-refractivity contribution in [3.8, 4) is 0 Å². The first-order valence-electron chi connectivity index (χ1n) is 6.12. The second kappa shape index (κ2) is 5.43. The first kappa shape index (κ1) is 14.6. The molecule has 110 valence electrons. The number of halogens is 1. The molecule has 2 heterocycles. The van der Waals surface area contributed by atoms with Crippen molar-refractivity contribution in [3.63, 3.8) is 0 Å². The fourth-order valence-electron chi connectivity index (χ4n) is 2.32. The van der Waals surface area contributed by atoms with Gasteiger partial charge in [0.25, 0.3) is 10.0 Å². The number of anilines is 1. The Morgan fingerprint density at radius 1 is 1.29 bits per heavy atom. The smallest absolute Gasteiger partial charge is 0.274 e. The highest BCUT2D eigenvalue weighted by Crippen LogP contribution is 2.36. The number of sulfonamides is 1. The number of oxime groups is 1. The van der Waals surface area contributed by atoms with Gasteiger partial charge in [-0.3, -0.25) is 4.31 Å². The molecule has 0 bridgehead atoms. The zero-order valence-electron chi connectivity index (χ0n) is 10.7. The van der Waals surface area contributed by atoms with E-state index in [1.54, 1.807) is 35.7 Å². The molecule has 1 aliphatic heterocycles. The third-order valence-corrected chi connectivity index (χ3v) is 7.73. The molecule has 0 saturated carbocycles. The Kier molecular flexibility index (Phi) is 3.76. The van der Waals surface area contributed by atoms with Crippen LogP contribution in [0.25, 0.3) is 0 Å². The lowest BCUT2D eigenvalue weighted by Gasteiger charge is -2.30. The van der Waals surface area contributed by atoms with Gasteiger partial charge in [-0.05, 0) is 33.4 Å². The summed E-state index contributed by atoms with van der Waals surface area (Å²) in [6, 6.07) is 8.76. The summed E-state index contributed by atoms with van der Waals surface area (Å²) in [7, 11) is -3.63. The number of hydrogen-bond donors (Lipinski definition) is 1. The zero-order valence-corrected chi connectivity index (χ0v) is 13.9. The van der Waals surface area contributed by atoms with Crippen LogP contribution < -0.4 is 4.31 Å². The van der Waals surface area contributed by atoms with Crippen molar-refractivity contribution < 1.29 is 13.6 Å². The van der Waals surface area contributed by atoms with E-state index >= 15 is 0 Å². The minimum absolute atomic E-state index is 0.253. The highest BCUT2D eigenvalue weighted by atomic mass is 79.9. The highest BCUT2D eigenvalue weighted by molar-refractivity contribution is 9.10. The van der Waals surface area contributed by atoms with E-state index in [9.17, 15) is 8.42 Å². The van der Waals surface area contributed by atoms with E-state index < -0.39 is 10.0 Å². The van der Waals surface area contributed by atoms with Crippen LogP contribution in [-0.2, 0) is 10.0 Å². The molecule has 2 aromatic rings. The Hall–Kier alpha value is -1.38. The van der Waals surface area contributed by atoms with Crippen LogP contribution in [0.15, 0.2) is 49.5 Å². The van der Waals surface area contributed by atoms with E-state index in [2.05, 4.69) is 21.1 Å². The summed E-state index contributed by atoms with van der Waals surface area (Å²) in [6.07, 6.45) is 0.371. The largest absolute Gasteiger partial charge is 0.411 e. The predicted molar refractivity (Wildman–Crippen MR) is 85.9 cm³/mol. The third kappa shape index (κ3) is 2.37. The lowest BCUT2D eigenvalue weighted by molar-refractivity contribution is 0.318. The lowest BCUT2D eigenvalue weighted by Crippen LogP contribution is -2.37. The standard InChI is InChI=1S/C13H11BrN2O3S2/c14-10-6-8-20-13(10)21(18,19)16-7-5-11(15-17)9-3-1-2-4-12(9)16/h1-4,6,8,17H,5,7H2. The summed E-state index contributed by atoms with van der Waals surface area (Å²) < 4.78 is 27.9. The molecule has 8 heteroatoms. The normalized spacial score (nSPS) is 17.0. The van der Waals surface area contributed by atoms with Crippen molar-refractivity contribution in [1.29, 1.82) is 0 Å². The molecule has 0 amide bonds. The summed E-state index contributed by atoms with van der Waals surface area (Å²) in [4.78, 5) is 0. The molecule has 21 heavy (non-hydrogen) atoms. The molecule has 0 saturated heterocycles. The van der Waals surface area contributed by atoms with Crippen molar-refractivity contribution in [2.24, 2.45) is 5.16 Å². The minimum Gasteiger partial charge on any atom is -0.411 e. The summed E-state index contributed by atoms with van der Waals surface area (Å²) in [5, 5.41) is 14.1. The van der Waals surface area contributed by atoms with Gasteiger partial charge in [-0.1, -0.05) is 23.4 Å². The van der Waals surface area contributed by atoms with Gasteiger partial charge in [-0.15, -0.1) is 11.3 Å². The first-order valence-corrected chi connectivity index (χ1v) is 9.23. The van der Waals surface area contributed by atoms with Crippen LogP contribution in [0.3, 0.4) is 0 Å². The Balaban J connectivity index is 2.15. The topological polar surface area (TPSA) is 70.0 Å². The summed E-state index contributed by atoms with van der Waals surface area (Å²) in [5.41, 5.74) is 1.68. The number of nitrogens with zero attached hydrogens (tertiary/aromatic N) is 2. The van der Waals surface area contributed by atoms with E-state index in [0.717, 1.165) is 0 Å². The van der Waals surface area contributed by atoms with E-state index in [-0.39, 0.29) is 10.8 Å². The van der Waals surface area contributed by atoms with Gasteiger partial charge in [0.2, 0.25) is 0 Å². The monoisotopic (exact) mass is 386 g/mol. The molecule has 1 aromatic carbocycles. The van der Waals surface area contributed by atoms with E-state index in [1.165, 1.54) is 15.6 Å². The van der Waals surface area contributed by atoms with E-state index in [1.807, 2.05) is 0 Å². The Morgan fingerprint density at radius 3 is 2.71 bits per heavy atom. The molecular formula is C13H11BrN2O3S2. The minimum atomic E-state index is -3.63. The molecule has 1 aliphatic rings. The maximum absolute atomic E-state index is 12.8. The van der Waals surface area contributed by atoms with Crippen LogP contribution in [0.5, 0.6) is 0 Å². The second-order valence-electron chi connectivity index (χ2n) is 4.45. The maximum atomic E-state index is 12.8. The van der Waals surface area contributed by atoms with Crippen LogP contribution in [-0.4, -0.2) is 25.9 Å². The van der Waals surface area contributed by atoms with Gasteiger partial charge in [0.1, 0.15) is 0 Å². The van der Waals surface area contributed by atoms with Crippen molar-refractivity contribution in [2.45, 2.75) is 10.6 Å². The van der Waals surface area contributed by atoms with Crippen molar-refractivity contribution in [3.05, 3.63) is 45.7 Å². The van der Waals surface area contributed by atoms with Gasteiger partial charge in [0.05, 0.1) is 11.4 Å². The van der Waals surface area contributed by atoms with Gasteiger partial charge in [-0.25, -0.2) is 8.42 Å². The summed E-state index contributed by atoms with van der Waals surface area (Å²) in [5.74, 6) is 0. The molecule has 0 radical (unpaired) electrons. The molecule has 0 aliphatic carbocycles. The first-order chi connectivity index (χ1) is 10.1. The fourth-order valence-corrected chi connectivity index (χ4v) is 6.21. The molecule has 0 unspecified atom stereocenters. The highest BCUT2D eigenvalue weighted by Gasteiger charge is 2.33. The molecule has 5 nitrogen and oxygen atoms in total. The fraction of sp³-hybridized carbons (Fsp3) is 0.154. The maximum Gasteiger partial charge on any atom is 0.274 e. The van der Waals surface area contributed by atoms with E-state index in [0.29, 0.717) is 27.9 Å². The van der Waals surface area contributed by atoms with Crippen LogP contribution in [0.2, 0.25) is 0 Å². The Labute approximate surface area is 134 Å². The number of fused-ring (bicyclic) bond motifs is 1. The quantitative estimate of drug-likeness (QED) is 0.635. The number of rotatable bonds is 2. The van der Waals surface area contributed by atoms with Gasteiger partial charge >= 0.3 is 0 Å². The van der Waals surface area contributed by atoms with Crippen molar-refractivity contribution >= 4 is 48.7 Å². The number of thiophene rings is 1. The van der Waals surface area contributed by atoms with Crippen molar-refractivity contribution in [2.75, 3.05) is 10.8 Å². The van der Waals surface area contributed by atoms with Gasteiger partial charge < -0.3 is 5.21 Å². The Bertz CT molecular complexity index is 814. The predicted octanol–water partition coefficient (Wildman–Crippen LogP) is 3.29. The van der Waals surface area contributed by atoms with Crippen LogP contribution in [0.4, 0.5) is 5.69 Å². The molecule has 1 N–H and O–H groups in total. The SMILES string of the molecule is O=S(=O)(c1sccc1Br)N1CCC(=NO)c2ccccc21. The molecule has 0 atom stereocenters. The number of para-hydroxylation sites is 1. The molecular weight excluding hydrogens is 376 g/mol. The summed E-state index contributed by atoms with van der Waals surface area (Å²) in [6.45, 7) is 0.253. The van der Waals surface area contributed by atoms with Crippen LogP contribution in [0, 0.1) is 0 Å². The number of hydrogen-bond acceptors (Lipinski definition) is 5. The zero-order chi connectivity index (χ0) is 15.0. The van der Waals surface area contributed by atoms with E-state index in [4.69, 9.17) is 5.21 Å². The van der Waals surface area contributed by atoms with Crippen LogP contribution in [0.1, 0.15) is 12.0 Å². The summed E-state index contributed by atoms with van der Waals surface area (Å²) >= 11 is 4.45. The van der Waals surface area contributed by atoms with Gasteiger partial charge in [-0.2, -0.15) is 0 Å². The van der Waals surface area contributed by atoms with Gasteiger partial charge in [0.15, 0.2) is 4.21 Å². The lowest BCUT2D eigenvalue weighted by atomic mass is 10.0. The number of benzene rings is 1. The third-order valence-electron chi connectivity index (χ3n) is 3.26.